The third-order valence-electron chi connectivity index (χ3n) is 1.95. The van der Waals surface area contributed by atoms with Gasteiger partial charge in [0.15, 0.2) is 0 Å². The Kier molecular flexibility index (Phi) is 4.78. The van der Waals surface area contributed by atoms with Crippen molar-refractivity contribution in [2.24, 2.45) is 0 Å². The summed E-state index contributed by atoms with van der Waals surface area (Å²) in [6.45, 7) is 2.04. The molecule has 0 N–H and O–H groups in total. The molecule has 0 spiro atoms. The van der Waals surface area contributed by atoms with Crippen molar-refractivity contribution in [3.8, 4) is 6.07 Å². The van der Waals surface area contributed by atoms with Gasteiger partial charge >= 0.3 is 5.97 Å². The highest BCUT2D eigenvalue weighted by Crippen LogP contribution is 2.23. The summed E-state index contributed by atoms with van der Waals surface area (Å²) in [5.74, 6) is -0.265. The Balaban J connectivity index is 3.24. The second-order valence-corrected chi connectivity index (χ2v) is 4.08. The van der Waals surface area contributed by atoms with Gasteiger partial charge < -0.3 is 4.74 Å². The Labute approximate surface area is 107 Å². The van der Waals surface area contributed by atoms with E-state index in [-0.39, 0.29) is 5.88 Å². The first kappa shape index (κ1) is 13.0. The van der Waals surface area contributed by atoms with Gasteiger partial charge in [-0.1, -0.05) is 0 Å². The number of carbonyl (C=O) groups is 1. The molecule has 16 heavy (non-hydrogen) atoms. The Morgan fingerprint density at radius 1 is 1.62 bits per heavy atom. The molecule has 1 rings (SSSR count). The van der Waals surface area contributed by atoms with Crippen molar-refractivity contribution in [1.82, 2.24) is 0 Å². The predicted octanol–water partition coefficient (Wildman–Crippen LogP) is 3.24. The van der Waals surface area contributed by atoms with Gasteiger partial charge in [0.05, 0.1) is 17.7 Å². The molecule has 84 valence electrons. The van der Waals surface area contributed by atoms with Gasteiger partial charge in [0.2, 0.25) is 0 Å². The van der Waals surface area contributed by atoms with Crippen molar-refractivity contribution in [3.05, 3.63) is 33.3 Å². The van der Waals surface area contributed by atoms with E-state index in [9.17, 15) is 4.79 Å². The molecule has 0 atom stereocenters. The minimum atomic E-state index is -0.427. The number of carbonyl (C=O) groups excluding carboxylic acids is 1. The lowest BCUT2D eigenvalue weighted by atomic mass is 10.1. The fraction of sp³-hybridized carbons (Fsp3) is 0.273. The highest BCUT2D eigenvalue weighted by atomic mass is 79.9. The first-order valence-corrected chi connectivity index (χ1v) is 5.92. The van der Waals surface area contributed by atoms with Gasteiger partial charge in [0, 0.05) is 10.4 Å². The van der Waals surface area contributed by atoms with Crippen molar-refractivity contribution in [2.75, 3.05) is 6.61 Å². The number of hydrogen-bond acceptors (Lipinski definition) is 3. The van der Waals surface area contributed by atoms with Gasteiger partial charge in [0.1, 0.15) is 6.07 Å². The Hall–Kier alpha value is -1.05. The highest BCUT2D eigenvalue weighted by Gasteiger charge is 2.15. The zero-order chi connectivity index (χ0) is 12.1. The second-order valence-electron chi connectivity index (χ2n) is 2.96. The minimum Gasteiger partial charge on any atom is -0.462 e. The van der Waals surface area contributed by atoms with Crippen LogP contribution in [0.25, 0.3) is 0 Å². The fourth-order valence-electron chi connectivity index (χ4n) is 1.21. The molecule has 0 bridgehead atoms. The van der Waals surface area contributed by atoms with Gasteiger partial charge in [-0.25, -0.2) is 4.79 Å². The molecule has 0 heterocycles. The molecular formula is C11H9BrClNO2. The number of halogens is 2. The summed E-state index contributed by atoms with van der Waals surface area (Å²) in [6.07, 6.45) is 0. The third-order valence-corrected chi connectivity index (χ3v) is 2.90. The van der Waals surface area contributed by atoms with E-state index >= 15 is 0 Å². The largest absolute Gasteiger partial charge is 0.462 e. The quantitative estimate of drug-likeness (QED) is 0.636. The van der Waals surface area contributed by atoms with Gasteiger partial charge in [-0.05, 0) is 40.5 Å². The normalized spacial score (nSPS) is 9.62. The van der Waals surface area contributed by atoms with Gasteiger partial charge in [-0.2, -0.15) is 5.26 Å². The van der Waals surface area contributed by atoms with Crippen LogP contribution in [-0.4, -0.2) is 12.6 Å². The van der Waals surface area contributed by atoms with Crippen molar-refractivity contribution in [3.63, 3.8) is 0 Å². The monoisotopic (exact) mass is 301 g/mol. The maximum Gasteiger partial charge on any atom is 0.338 e. The number of nitriles is 1. The number of alkyl halides is 1. The molecule has 0 aliphatic rings. The summed E-state index contributed by atoms with van der Waals surface area (Å²) in [5.41, 5.74) is 1.44. The van der Waals surface area contributed by atoms with E-state index in [2.05, 4.69) is 15.9 Å². The van der Waals surface area contributed by atoms with Crippen molar-refractivity contribution < 1.29 is 9.53 Å². The lowest BCUT2D eigenvalue weighted by Gasteiger charge is -2.08. The van der Waals surface area contributed by atoms with E-state index in [0.717, 1.165) is 0 Å². The van der Waals surface area contributed by atoms with E-state index in [1.54, 1.807) is 19.1 Å². The standard InChI is InChI=1S/C11H9BrClNO2/c1-2-16-11(15)9-4-10(12)8(6-14)3-7(9)5-13/h3-4H,2,5H2,1H3. The Morgan fingerprint density at radius 3 is 2.81 bits per heavy atom. The van der Waals surface area contributed by atoms with Crippen molar-refractivity contribution in [1.29, 1.82) is 5.26 Å². The van der Waals surface area contributed by atoms with Crippen LogP contribution >= 0.6 is 27.5 Å². The molecule has 1 aromatic carbocycles. The number of rotatable bonds is 3. The molecule has 0 aromatic heterocycles. The zero-order valence-electron chi connectivity index (χ0n) is 8.59. The third kappa shape index (κ3) is 2.75. The molecule has 0 saturated carbocycles. The minimum absolute atomic E-state index is 0.163. The first-order valence-electron chi connectivity index (χ1n) is 4.59. The SMILES string of the molecule is CCOC(=O)c1cc(Br)c(C#N)cc1CCl. The molecule has 5 heteroatoms. The van der Waals surface area contributed by atoms with E-state index in [1.165, 1.54) is 0 Å². The summed E-state index contributed by atoms with van der Waals surface area (Å²) >= 11 is 8.94. The summed E-state index contributed by atoms with van der Waals surface area (Å²) < 4.78 is 5.46. The summed E-state index contributed by atoms with van der Waals surface area (Å²) in [4.78, 5) is 11.6. The molecular weight excluding hydrogens is 293 g/mol. The van der Waals surface area contributed by atoms with Crippen LogP contribution in [0.3, 0.4) is 0 Å². The van der Waals surface area contributed by atoms with E-state index < -0.39 is 5.97 Å². The van der Waals surface area contributed by atoms with Crippen LogP contribution in [0.15, 0.2) is 16.6 Å². The molecule has 1 aromatic rings. The smallest absolute Gasteiger partial charge is 0.338 e. The molecule has 0 unspecified atom stereocenters. The van der Waals surface area contributed by atoms with Crippen molar-refractivity contribution >= 4 is 33.5 Å². The molecule has 0 radical (unpaired) electrons. The lowest BCUT2D eigenvalue weighted by molar-refractivity contribution is 0.0525. The van der Waals surface area contributed by atoms with Gasteiger partial charge in [-0.15, -0.1) is 11.6 Å². The fourth-order valence-corrected chi connectivity index (χ4v) is 1.87. The lowest BCUT2D eigenvalue weighted by Crippen LogP contribution is -2.08. The number of hydrogen-bond donors (Lipinski definition) is 0. The van der Waals surface area contributed by atoms with Crippen LogP contribution in [0.4, 0.5) is 0 Å². The molecule has 0 aliphatic heterocycles. The summed E-state index contributed by atoms with van der Waals surface area (Å²) in [6, 6.07) is 5.16. The van der Waals surface area contributed by atoms with E-state index in [0.29, 0.717) is 27.8 Å². The van der Waals surface area contributed by atoms with Crippen LogP contribution < -0.4 is 0 Å². The Morgan fingerprint density at radius 2 is 2.31 bits per heavy atom. The average molecular weight is 303 g/mol. The second kappa shape index (κ2) is 5.88. The highest BCUT2D eigenvalue weighted by molar-refractivity contribution is 9.10. The summed E-state index contributed by atoms with van der Waals surface area (Å²) in [7, 11) is 0. The number of ether oxygens (including phenoxy) is 1. The number of esters is 1. The van der Waals surface area contributed by atoms with E-state index in [1.807, 2.05) is 6.07 Å². The van der Waals surface area contributed by atoms with Crippen molar-refractivity contribution in [2.45, 2.75) is 12.8 Å². The van der Waals surface area contributed by atoms with Crippen LogP contribution in [0.1, 0.15) is 28.4 Å². The van der Waals surface area contributed by atoms with Crippen LogP contribution in [-0.2, 0) is 10.6 Å². The molecule has 0 amide bonds. The molecule has 3 nitrogen and oxygen atoms in total. The van der Waals surface area contributed by atoms with Crippen LogP contribution in [0, 0.1) is 11.3 Å². The predicted molar refractivity (Wildman–Crippen MR) is 64.4 cm³/mol. The van der Waals surface area contributed by atoms with Crippen LogP contribution in [0.5, 0.6) is 0 Å². The van der Waals surface area contributed by atoms with E-state index in [4.69, 9.17) is 21.6 Å². The number of benzene rings is 1. The van der Waals surface area contributed by atoms with Crippen LogP contribution in [0.2, 0.25) is 0 Å². The summed E-state index contributed by atoms with van der Waals surface area (Å²) in [5, 5.41) is 8.83. The maximum atomic E-state index is 11.6. The first-order chi connectivity index (χ1) is 7.63. The number of nitrogens with zero attached hydrogens (tertiary/aromatic N) is 1. The Bertz CT molecular complexity index is 454. The zero-order valence-corrected chi connectivity index (χ0v) is 10.9. The molecule has 0 saturated heterocycles. The average Bonchev–Trinajstić information content (AvgIpc) is 2.29. The van der Waals surface area contributed by atoms with Gasteiger partial charge in [-0.3, -0.25) is 0 Å². The molecule has 0 fully saturated rings. The maximum absolute atomic E-state index is 11.6. The molecule has 0 aliphatic carbocycles. The van der Waals surface area contributed by atoms with Gasteiger partial charge in [0.25, 0.3) is 0 Å². The topological polar surface area (TPSA) is 50.1 Å².